The number of hydrogen-bond donors (Lipinski definition) is 0. The Kier molecular flexibility index (Phi) is 3.94. The molecule has 1 aliphatic rings. The maximum absolute atomic E-state index is 13.7. The molecule has 0 radical (unpaired) electrons. The molecule has 0 N–H and O–H groups in total. The minimum atomic E-state index is -0.414. The number of halogens is 1. The van der Waals surface area contributed by atoms with E-state index in [2.05, 4.69) is 4.85 Å². The van der Waals surface area contributed by atoms with Crippen molar-refractivity contribution < 1.29 is 13.9 Å². The lowest BCUT2D eigenvalue weighted by atomic mass is 9.85. The smallest absolute Gasteiger partial charge is 0.337 e. The molecule has 0 saturated carbocycles. The predicted octanol–water partition coefficient (Wildman–Crippen LogP) is 4.54. The Morgan fingerprint density at radius 1 is 1.22 bits per heavy atom. The van der Waals surface area contributed by atoms with Gasteiger partial charge in [0.1, 0.15) is 5.82 Å². The Morgan fingerprint density at radius 3 is 2.78 bits per heavy atom. The number of allylic oxidation sites excluding steroid dienone is 1. The van der Waals surface area contributed by atoms with Gasteiger partial charge in [-0.15, -0.1) is 0 Å². The third kappa shape index (κ3) is 2.74. The van der Waals surface area contributed by atoms with Crippen molar-refractivity contribution in [3.63, 3.8) is 0 Å². The summed E-state index contributed by atoms with van der Waals surface area (Å²) in [6.45, 7) is 7.30. The highest BCUT2D eigenvalue weighted by Crippen LogP contribution is 2.37. The van der Waals surface area contributed by atoms with Crippen LogP contribution in [0.3, 0.4) is 0 Å². The molecule has 0 heterocycles. The molecule has 0 unspecified atom stereocenters. The summed E-state index contributed by atoms with van der Waals surface area (Å²) >= 11 is 0. The molecule has 114 valence electrons. The van der Waals surface area contributed by atoms with Crippen LogP contribution >= 0.6 is 0 Å². The van der Waals surface area contributed by atoms with Gasteiger partial charge in [-0.1, -0.05) is 18.2 Å². The first-order chi connectivity index (χ1) is 11.1. The van der Waals surface area contributed by atoms with Crippen LogP contribution < -0.4 is 0 Å². The van der Waals surface area contributed by atoms with Crippen molar-refractivity contribution in [1.82, 2.24) is 0 Å². The normalized spacial score (nSPS) is 12.8. The molecule has 0 bridgehead atoms. The number of nitrogens with zero attached hydrogens (tertiary/aromatic N) is 1. The van der Waals surface area contributed by atoms with E-state index < -0.39 is 5.97 Å². The Hall–Kier alpha value is -2.93. The Morgan fingerprint density at radius 2 is 2.04 bits per heavy atom. The van der Waals surface area contributed by atoms with Crippen LogP contribution in [0.4, 0.5) is 10.1 Å². The highest BCUT2D eigenvalue weighted by molar-refractivity contribution is 5.94. The van der Waals surface area contributed by atoms with Crippen molar-refractivity contribution in [1.29, 1.82) is 0 Å². The van der Waals surface area contributed by atoms with E-state index in [1.54, 1.807) is 12.1 Å². The van der Waals surface area contributed by atoms with Crippen LogP contribution in [0.1, 0.15) is 33.5 Å². The van der Waals surface area contributed by atoms with E-state index in [0.717, 1.165) is 29.5 Å². The van der Waals surface area contributed by atoms with Gasteiger partial charge in [-0.05, 0) is 59.4 Å². The summed E-state index contributed by atoms with van der Waals surface area (Å²) in [7, 11) is 1.34. The summed E-state index contributed by atoms with van der Waals surface area (Å²) in [5.74, 6) is -0.799. The van der Waals surface area contributed by atoms with Crippen LogP contribution in [0.5, 0.6) is 0 Å². The lowest BCUT2D eigenvalue weighted by molar-refractivity contribution is 0.0600. The first-order valence-corrected chi connectivity index (χ1v) is 7.23. The zero-order valence-electron chi connectivity index (χ0n) is 12.6. The zero-order chi connectivity index (χ0) is 16.4. The second kappa shape index (κ2) is 6.05. The number of aryl methyl sites for hydroxylation is 1. The second-order valence-corrected chi connectivity index (χ2v) is 5.29. The zero-order valence-corrected chi connectivity index (χ0v) is 12.6. The molecule has 0 aliphatic heterocycles. The van der Waals surface area contributed by atoms with Gasteiger partial charge in [0, 0.05) is 0 Å². The van der Waals surface area contributed by atoms with Gasteiger partial charge < -0.3 is 4.74 Å². The molecule has 0 atom stereocenters. The van der Waals surface area contributed by atoms with Gasteiger partial charge in [0.15, 0.2) is 5.69 Å². The molecule has 0 amide bonds. The van der Waals surface area contributed by atoms with Crippen LogP contribution in [0.25, 0.3) is 10.4 Å². The molecule has 0 spiro atoms. The second-order valence-electron chi connectivity index (χ2n) is 5.29. The molecule has 3 nitrogen and oxygen atoms in total. The number of fused-ring (bicyclic) bond motifs is 1. The molecule has 1 aliphatic carbocycles. The Balaban J connectivity index is 2.18. The summed E-state index contributed by atoms with van der Waals surface area (Å²) in [6.07, 6.45) is 3.66. The van der Waals surface area contributed by atoms with Gasteiger partial charge in [0.05, 0.1) is 19.2 Å². The van der Waals surface area contributed by atoms with E-state index in [-0.39, 0.29) is 5.82 Å². The average molecular weight is 307 g/mol. The highest BCUT2D eigenvalue weighted by Gasteiger charge is 2.19. The van der Waals surface area contributed by atoms with E-state index in [4.69, 9.17) is 11.3 Å². The fourth-order valence-corrected chi connectivity index (χ4v) is 2.85. The van der Waals surface area contributed by atoms with Crippen LogP contribution in [0.2, 0.25) is 0 Å². The molecule has 0 aromatic heterocycles. The maximum atomic E-state index is 13.7. The monoisotopic (exact) mass is 307 g/mol. The predicted molar refractivity (Wildman–Crippen MR) is 85.8 cm³/mol. The lowest BCUT2D eigenvalue weighted by Crippen LogP contribution is -2.06. The van der Waals surface area contributed by atoms with Crippen LogP contribution in [-0.2, 0) is 11.2 Å². The number of esters is 1. The minimum absolute atomic E-state index is 0.385. The van der Waals surface area contributed by atoms with Crippen molar-refractivity contribution in [3.05, 3.63) is 82.0 Å². The topological polar surface area (TPSA) is 30.7 Å². The van der Waals surface area contributed by atoms with Gasteiger partial charge in [-0.3, -0.25) is 0 Å². The number of carbonyl (C=O) groups excluding carboxylic acids is 1. The number of benzene rings is 2. The number of rotatable bonds is 2. The number of methoxy groups -OCH3 is 1. The molecule has 2 aromatic rings. The summed E-state index contributed by atoms with van der Waals surface area (Å²) in [4.78, 5) is 15.3. The maximum Gasteiger partial charge on any atom is 0.337 e. The van der Waals surface area contributed by atoms with Crippen LogP contribution in [0, 0.1) is 12.4 Å². The van der Waals surface area contributed by atoms with Crippen molar-refractivity contribution in [2.45, 2.75) is 12.8 Å². The van der Waals surface area contributed by atoms with E-state index in [9.17, 15) is 9.18 Å². The third-order valence-electron chi connectivity index (χ3n) is 3.95. The van der Waals surface area contributed by atoms with E-state index in [1.165, 1.54) is 25.3 Å². The SMILES string of the molecule is [C-]#[N+]c1ccc(F)cc1C1=CCCc2ccc(C(=O)OC)cc21. The fraction of sp³-hybridized carbons (Fsp3) is 0.158. The number of carbonyl (C=O) groups is 1. The van der Waals surface area contributed by atoms with E-state index >= 15 is 0 Å². The van der Waals surface area contributed by atoms with Gasteiger partial charge in [-0.2, -0.15) is 0 Å². The average Bonchev–Trinajstić information content (AvgIpc) is 2.60. The highest BCUT2D eigenvalue weighted by atomic mass is 19.1. The summed E-state index contributed by atoms with van der Waals surface area (Å²) in [6, 6.07) is 9.52. The Labute approximate surface area is 133 Å². The summed E-state index contributed by atoms with van der Waals surface area (Å²) in [5.41, 5.74) is 4.13. The molecular formula is C19H14FNO2. The third-order valence-corrected chi connectivity index (χ3v) is 3.95. The number of hydrogen-bond acceptors (Lipinski definition) is 2. The summed E-state index contributed by atoms with van der Waals surface area (Å²) in [5, 5.41) is 0. The molecule has 23 heavy (non-hydrogen) atoms. The van der Waals surface area contributed by atoms with Crippen molar-refractivity contribution in [2.75, 3.05) is 7.11 Å². The molecule has 3 rings (SSSR count). The van der Waals surface area contributed by atoms with Crippen molar-refractivity contribution in [3.8, 4) is 0 Å². The van der Waals surface area contributed by atoms with Crippen molar-refractivity contribution >= 4 is 17.2 Å². The largest absolute Gasteiger partial charge is 0.465 e. The van der Waals surface area contributed by atoms with Gasteiger partial charge in [0.2, 0.25) is 0 Å². The standard InChI is InChI=1S/C19H14FNO2/c1-21-18-9-8-14(20)11-17(18)15-5-3-4-12-6-7-13(10-16(12)15)19(22)23-2/h5-11H,3-4H2,2H3. The first kappa shape index (κ1) is 15.0. The molecular weight excluding hydrogens is 293 g/mol. The van der Waals surface area contributed by atoms with E-state index in [1.807, 2.05) is 12.1 Å². The Bertz CT molecular complexity index is 862. The van der Waals surface area contributed by atoms with Crippen LogP contribution in [0.15, 0.2) is 42.5 Å². The lowest BCUT2D eigenvalue weighted by Gasteiger charge is -2.20. The van der Waals surface area contributed by atoms with Crippen molar-refractivity contribution in [2.24, 2.45) is 0 Å². The fourth-order valence-electron chi connectivity index (χ4n) is 2.85. The quantitative estimate of drug-likeness (QED) is 0.602. The summed E-state index contributed by atoms with van der Waals surface area (Å²) < 4.78 is 18.4. The van der Waals surface area contributed by atoms with Gasteiger partial charge in [0.25, 0.3) is 0 Å². The molecule has 0 fully saturated rings. The molecule has 0 saturated heterocycles. The first-order valence-electron chi connectivity index (χ1n) is 7.23. The molecule has 2 aromatic carbocycles. The number of ether oxygens (including phenoxy) is 1. The molecule has 4 heteroatoms. The minimum Gasteiger partial charge on any atom is -0.465 e. The van der Waals surface area contributed by atoms with Crippen LogP contribution in [-0.4, -0.2) is 13.1 Å². The van der Waals surface area contributed by atoms with E-state index in [0.29, 0.717) is 16.8 Å². The van der Waals surface area contributed by atoms with Gasteiger partial charge >= 0.3 is 5.97 Å². The van der Waals surface area contributed by atoms with Gasteiger partial charge in [-0.25, -0.2) is 14.0 Å².